The number of hydrogen-bond acceptors (Lipinski definition) is 6. The fourth-order valence-corrected chi connectivity index (χ4v) is 2.55. The van der Waals surface area contributed by atoms with Gasteiger partial charge in [-0.25, -0.2) is 0 Å². The Morgan fingerprint density at radius 1 is 1.47 bits per heavy atom. The van der Waals surface area contributed by atoms with Crippen molar-refractivity contribution in [1.29, 1.82) is 0 Å². The Labute approximate surface area is 114 Å². The summed E-state index contributed by atoms with van der Waals surface area (Å²) in [5.41, 5.74) is 5.93. The van der Waals surface area contributed by atoms with Crippen LogP contribution in [0.5, 0.6) is 0 Å². The van der Waals surface area contributed by atoms with Gasteiger partial charge in [-0.05, 0) is 38.4 Å². The van der Waals surface area contributed by atoms with Crippen LogP contribution in [0.2, 0.25) is 0 Å². The molecule has 0 saturated carbocycles. The van der Waals surface area contributed by atoms with Crippen LogP contribution in [0.1, 0.15) is 38.5 Å². The molecule has 2 heterocycles. The number of nitrogens with two attached hydrogens (primary N) is 1. The second kappa shape index (κ2) is 5.46. The highest BCUT2D eigenvalue weighted by Gasteiger charge is 2.28. The van der Waals surface area contributed by atoms with E-state index in [9.17, 15) is 0 Å². The highest BCUT2D eigenvalue weighted by Crippen LogP contribution is 2.27. The number of rotatable bonds is 4. The summed E-state index contributed by atoms with van der Waals surface area (Å²) in [4.78, 5) is 8.71. The molecule has 1 aromatic rings. The van der Waals surface area contributed by atoms with Crippen molar-refractivity contribution in [1.82, 2.24) is 15.0 Å². The van der Waals surface area contributed by atoms with Crippen molar-refractivity contribution in [2.24, 2.45) is 5.73 Å². The van der Waals surface area contributed by atoms with Gasteiger partial charge >= 0.3 is 0 Å². The first-order chi connectivity index (χ1) is 8.85. The van der Waals surface area contributed by atoms with E-state index in [1.54, 1.807) is 0 Å². The Hall–Kier alpha value is -1.14. The molecule has 1 saturated heterocycles. The summed E-state index contributed by atoms with van der Waals surface area (Å²) in [6.45, 7) is 7.08. The van der Waals surface area contributed by atoms with Gasteiger partial charge in [0.1, 0.15) is 0 Å². The highest BCUT2D eigenvalue weighted by atomic mass is 16.5. The van der Waals surface area contributed by atoms with Crippen LogP contribution in [0.25, 0.3) is 0 Å². The standard InChI is InChI=1S/C13H25N5O/c1-13(2,14)9-18-7-5-6-10(8-18)11-15-12(16-19-11)17(3)4/h10H,5-9,14H2,1-4H3. The summed E-state index contributed by atoms with van der Waals surface area (Å²) in [5, 5.41) is 3.99. The van der Waals surface area contributed by atoms with Gasteiger partial charge in [0, 0.05) is 32.7 Å². The van der Waals surface area contributed by atoms with E-state index in [4.69, 9.17) is 10.3 Å². The molecule has 1 atom stereocenters. The maximum Gasteiger partial charge on any atom is 0.265 e. The molecule has 19 heavy (non-hydrogen) atoms. The van der Waals surface area contributed by atoms with Crippen LogP contribution in [-0.4, -0.2) is 54.3 Å². The van der Waals surface area contributed by atoms with Crippen LogP contribution in [0, 0.1) is 0 Å². The molecule has 6 heteroatoms. The maximum absolute atomic E-state index is 6.09. The van der Waals surface area contributed by atoms with E-state index in [1.807, 2.05) is 19.0 Å². The molecule has 0 aliphatic carbocycles. The van der Waals surface area contributed by atoms with Crippen molar-refractivity contribution >= 4 is 5.95 Å². The minimum Gasteiger partial charge on any atom is -0.344 e. The minimum atomic E-state index is -0.161. The zero-order valence-electron chi connectivity index (χ0n) is 12.4. The third-order valence-electron chi connectivity index (χ3n) is 3.32. The molecule has 1 unspecified atom stereocenters. The van der Waals surface area contributed by atoms with Gasteiger partial charge in [-0.3, -0.25) is 0 Å². The van der Waals surface area contributed by atoms with E-state index in [0.717, 1.165) is 38.4 Å². The molecule has 0 radical (unpaired) electrons. The lowest BCUT2D eigenvalue weighted by Crippen LogP contribution is -2.48. The van der Waals surface area contributed by atoms with Crippen molar-refractivity contribution in [3.63, 3.8) is 0 Å². The second-order valence-electron chi connectivity index (χ2n) is 6.39. The molecule has 1 aliphatic heterocycles. The van der Waals surface area contributed by atoms with Crippen molar-refractivity contribution in [2.45, 2.75) is 38.1 Å². The third-order valence-corrected chi connectivity index (χ3v) is 3.32. The lowest BCUT2D eigenvalue weighted by molar-refractivity contribution is 0.161. The van der Waals surface area contributed by atoms with E-state index in [-0.39, 0.29) is 5.54 Å². The normalized spacial score (nSPS) is 21.6. The average molecular weight is 267 g/mol. The summed E-state index contributed by atoms with van der Waals surface area (Å²) < 4.78 is 5.38. The molecule has 0 bridgehead atoms. The van der Waals surface area contributed by atoms with Crippen LogP contribution in [-0.2, 0) is 0 Å². The Morgan fingerprint density at radius 2 is 2.21 bits per heavy atom. The van der Waals surface area contributed by atoms with Gasteiger partial charge in [0.15, 0.2) is 0 Å². The van der Waals surface area contributed by atoms with Crippen LogP contribution in [0.3, 0.4) is 0 Å². The number of nitrogens with zero attached hydrogens (tertiary/aromatic N) is 4. The van der Waals surface area contributed by atoms with Crippen LogP contribution < -0.4 is 10.6 Å². The molecule has 0 amide bonds. The van der Waals surface area contributed by atoms with E-state index in [2.05, 4.69) is 28.9 Å². The van der Waals surface area contributed by atoms with Crippen molar-refractivity contribution in [3.05, 3.63) is 5.89 Å². The fourth-order valence-electron chi connectivity index (χ4n) is 2.55. The number of hydrogen-bond donors (Lipinski definition) is 1. The second-order valence-corrected chi connectivity index (χ2v) is 6.39. The van der Waals surface area contributed by atoms with Gasteiger partial charge in [0.05, 0.1) is 5.92 Å². The Kier molecular flexibility index (Phi) is 4.10. The van der Waals surface area contributed by atoms with Gasteiger partial charge in [-0.1, -0.05) is 0 Å². The lowest BCUT2D eigenvalue weighted by Gasteiger charge is -2.35. The molecular weight excluding hydrogens is 242 g/mol. The quantitative estimate of drug-likeness (QED) is 0.879. The first-order valence-corrected chi connectivity index (χ1v) is 6.87. The predicted octanol–water partition coefficient (Wildman–Crippen LogP) is 1.05. The van der Waals surface area contributed by atoms with E-state index >= 15 is 0 Å². The molecule has 1 fully saturated rings. The van der Waals surface area contributed by atoms with Crippen LogP contribution >= 0.6 is 0 Å². The molecule has 1 aliphatic rings. The number of anilines is 1. The Bertz CT molecular complexity index is 409. The monoisotopic (exact) mass is 267 g/mol. The summed E-state index contributed by atoms with van der Waals surface area (Å²) in [5.74, 6) is 1.73. The maximum atomic E-state index is 6.09. The zero-order chi connectivity index (χ0) is 14.0. The molecule has 6 nitrogen and oxygen atoms in total. The number of piperidine rings is 1. The fraction of sp³-hybridized carbons (Fsp3) is 0.846. The predicted molar refractivity (Wildman–Crippen MR) is 75.3 cm³/mol. The smallest absolute Gasteiger partial charge is 0.265 e. The summed E-state index contributed by atoms with van der Waals surface area (Å²) in [6, 6.07) is 0. The van der Waals surface area contributed by atoms with Gasteiger partial charge in [0.2, 0.25) is 5.89 Å². The van der Waals surface area contributed by atoms with E-state index in [0.29, 0.717) is 11.9 Å². The largest absolute Gasteiger partial charge is 0.344 e. The van der Waals surface area contributed by atoms with Crippen molar-refractivity contribution < 1.29 is 4.52 Å². The summed E-state index contributed by atoms with van der Waals surface area (Å²) in [7, 11) is 3.83. The highest BCUT2D eigenvalue weighted by molar-refractivity contribution is 5.24. The third kappa shape index (κ3) is 3.91. The van der Waals surface area contributed by atoms with Crippen molar-refractivity contribution in [3.8, 4) is 0 Å². The van der Waals surface area contributed by atoms with Gasteiger partial charge in [0.25, 0.3) is 5.95 Å². The van der Waals surface area contributed by atoms with E-state index < -0.39 is 0 Å². The summed E-state index contributed by atoms with van der Waals surface area (Å²) in [6.07, 6.45) is 2.26. The first kappa shape index (κ1) is 14.3. The molecule has 0 aromatic carbocycles. The summed E-state index contributed by atoms with van der Waals surface area (Å²) >= 11 is 0. The van der Waals surface area contributed by atoms with Gasteiger partial charge in [-0.15, -0.1) is 0 Å². The van der Waals surface area contributed by atoms with E-state index in [1.165, 1.54) is 0 Å². The Balaban J connectivity index is 2.00. The van der Waals surface area contributed by atoms with Crippen molar-refractivity contribution in [2.75, 3.05) is 38.6 Å². The minimum absolute atomic E-state index is 0.161. The molecule has 1 aromatic heterocycles. The Morgan fingerprint density at radius 3 is 2.79 bits per heavy atom. The number of aromatic nitrogens is 2. The molecule has 2 rings (SSSR count). The molecular formula is C13H25N5O. The zero-order valence-corrected chi connectivity index (χ0v) is 12.4. The topological polar surface area (TPSA) is 71.4 Å². The molecule has 0 spiro atoms. The lowest BCUT2D eigenvalue weighted by atomic mass is 9.96. The van der Waals surface area contributed by atoms with Crippen LogP contribution in [0.15, 0.2) is 4.52 Å². The average Bonchev–Trinajstić information content (AvgIpc) is 2.76. The molecule has 2 N–H and O–H groups in total. The molecule has 108 valence electrons. The van der Waals surface area contributed by atoms with Gasteiger partial charge < -0.3 is 20.1 Å². The van der Waals surface area contributed by atoms with Gasteiger partial charge in [-0.2, -0.15) is 4.98 Å². The SMILES string of the molecule is CN(C)c1noc(C2CCCN(CC(C)(C)N)C2)n1. The first-order valence-electron chi connectivity index (χ1n) is 6.87. The number of likely N-dealkylation sites (tertiary alicyclic amines) is 1. The van der Waals surface area contributed by atoms with Crippen LogP contribution in [0.4, 0.5) is 5.95 Å².